The highest BCUT2D eigenvalue weighted by Crippen LogP contribution is 2.35. The van der Waals surface area contributed by atoms with E-state index in [2.05, 4.69) is 27.9 Å². The lowest BCUT2D eigenvalue weighted by Gasteiger charge is -2.11. The first-order valence-corrected chi connectivity index (χ1v) is 9.00. The summed E-state index contributed by atoms with van der Waals surface area (Å²) in [5, 5.41) is 11.9. The fraction of sp³-hybridized carbons (Fsp3) is 0.0870. The van der Waals surface area contributed by atoms with Crippen LogP contribution in [0.1, 0.15) is 11.1 Å². The molecule has 3 aromatic carbocycles. The Hall–Kier alpha value is -3.21. The molecule has 0 N–H and O–H groups in total. The van der Waals surface area contributed by atoms with Gasteiger partial charge in [-0.05, 0) is 46.2 Å². The molecule has 0 unspecified atom stereocenters. The van der Waals surface area contributed by atoms with Crippen molar-refractivity contribution in [3.8, 4) is 29.9 Å². The molecule has 0 heterocycles. The molecule has 0 spiro atoms. The Labute approximate surface area is 167 Å². The molecule has 0 amide bonds. The molecular weight excluding hydrogens is 402 g/mol. The summed E-state index contributed by atoms with van der Waals surface area (Å²) < 4.78 is 11.7. The van der Waals surface area contributed by atoms with Crippen molar-refractivity contribution in [3.05, 3.63) is 70.2 Å². The zero-order chi connectivity index (χ0) is 19.2. The number of ether oxygens (including phenoxy) is 2. The molecule has 0 aliphatic carbocycles. The topological polar surface area (TPSA) is 42.2 Å². The van der Waals surface area contributed by atoms with E-state index in [0.717, 1.165) is 26.4 Å². The van der Waals surface area contributed by atoms with Gasteiger partial charge in [0, 0.05) is 4.47 Å². The lowest BCUT2D eigenvalue weighted by Crippen LogP contribution is -1.97. The van der Waals surface area contributed by atoms with Gasteiger partial charge >= 0.3 is 0 Å². The minimum atomic E-state index is 0.151. The Morgan fingerprint density at radius 2 is 1.89 bits per heavy atom. The first-order chi connectivity index (χ1) is 13.2. The molecular formula is C23H16BrNO2. The van der Waals surface area contributed by atoms with Crippen LogP contribution in [-0.2, 0) is 0 Å². The normalized spacial score (nSPS) is 10.9. The number of benzene rings is 3. The fourth-order valence-electron chi connectivity index (χ4n) is 2.75. The molecule has 0 aliphatic rings. The number of hydrogen-bond acceptors (Lipinski definition) is 3. The average molecular weight is 418 g/mol. The smallest absolute Gasteiger partial charge is 0.163 e. The molecule has 0 aliphatic heterocycles. The van der Waals surface area contributed by atoms with Crippen molar-refractivity contribution in [3.63, 3.8) is 0 Å². The number of halogens is 1. The fourth-order valence-corrected chi connectivity index (χ4v) is 3.18. The van der Waals surface area contributed by atoms with Crippen LogP contribution in [0.3, 0.4) is 0 Å². The van der Waals surface area contributed by atoms with Crippen molar-refractivity contribution < 1.29 is 9.47 Å². The second-order valence-electron chi connectivity index (χ2n) is 5.75. The molecule has 0 radical (unpaired) electrons. The summed E-state index contributed by atoms with van der Waals surface area (Å²) in [4.78, 5) is 0. The highest BCUT2D eigenvalue weighted by atomic mass is 79.9. The third kappa shape index (κ3) is 4.14. The van der Waals surface area contributed by atoms with E-state index in [1.165, 1.54) is 0 Å². The largest absolute Gasteiger partial charge is 0.493 e. The zero-order valence-corrected chi connectivity index (χ0v) is 16.3. The van der Waals surface area contributed by atoms with Crippen LogP contribution in [-0.4, -0.2) is 13.7 Å². The molecule has 27 heavy (non-hydrogen) atoms. The van der Waals surface area contributed by atoms with Crippen LogP contribution in [0, 0.1) is 23.7 Å². The number of methoxy groups -OCH3 is 1. The van der Waals surface area contributed by atoms with E-state index in [9.17, 15) is 5.26 Å². The third-order valence-electron chi connectivity index (χ3n) is 4.07. The summed E-state index contributed by atoms with van der Waals surface area (Å²) in [6, 6.07) is 19.9. The molecule has 0 aromatic heterocycles. The Morgan fingerprint density at radius 3 is 2.59 bits per heavy atom. The summed E-state index contributed by atoms with van der Waals surface area (Å²) in [5.74, 6) is 3.53. The number of hydrogen-bond donors (Lipinski definition) is 0. The van der Waals surface area contributed by atoms with E-state index < -0.39 is 0 Å². The molecule has 0 fully saturated rings. The van der Waals surface area contributed by atoms with Crippen molar-refractivity contribution in [2.75, 3.05) is 13.7 Å². The molecule has 0 saturated carbocycles. The minimum absolute atomic E-state index is 0.151. The second-order valence-corrected chi connectivity index (χ2v) is 6.60. The van der Waals surface area contributed by atoms with Crippen LogP contribution < -0.4 is 9.47 Å². The first-order valence-electron chi connectivity index (χ1n) is 8.21. The Bertz CT molecular complexity index is 1100. The maximum absolute atomic E-state index is 9.69. The SMILES string of the molecule is C#CCOc1cc(Br)c(C=C(C#N)c2ccc3ccccc3c2)cc1OC. The molecule has 3 aromatic rings. The Morgan fingerprint density at radius 1 is 1.11 bits per heavy atom. The van der Waals surface area contributed by atoms with Gasteiger partial charge in [0.1, 0.15) is 6.61 Å². The van der Waals surface area contributed by atoms with Crippen molar-refractivity contribution >= 4 is 38.4 Å². The van der Waals surface area contributed by atoms with Gasteiger partial charge in [0.05, 0.1) is 18.8 Å². The van der Waals surface area contributed by atoms with E-state index in [1.807, 2.05) is 54.6 Å². The highest BCUT2D eigenvalue weighted by molar-refractivity contribution is 9.10. The number of terminal acetylenes is 1. The summed E-state index contributed by atoms with van der Waals surface area (Å²) >= 11 is 3.53. The lowest BCUT2D eigenvalue weighted by atomic mass is 10.00. The van der Waals surface area contributed by atoms with Gasteiger partial charge in [-0.15, -0.1) is 6.42 Å². The van der Waals surface area contributed by atoms with Crippen LogP contribution in [0.2, 0.25) is 0 Å². The van der Waals surface area contributed by atoms with Crippen molar-refractivity contribution in [1.82, 2.24) is 0 Å². The quantitative estimate of drug-likeness (QED) is 0.304. The van der Waals surface area contributed by atoms with Gasteiger partial charge in [0.2, 0.25) is 0 Å². The third-order valence-corrected chi connectivity index (χ3v) is 4.76. The van der Waals surface area contributed by atoms with Crippen LogP contribution in [0.4, 0.5) is 0 Å². The number of allylic oxidation sites excluding steroid dienone is 1. The minimum Gasteiger partial charge on any atom is -0.493 e. The summed E-state index contributed by atoms with van der Waals surface area (Å²) in [6.45, 7) is 0.151. The van der Waals surface area contributed by atoms with Gasteiger partial charge in [-0.3, -0.25) is 0 Å². The standard InChI is InChI=1S/C23H16BrNO2/c1-3-10-27-23-14-21(24)19(13-22(23)26-2)12-20(15-25)18-9-8-16-6-4-5-7-17(16)11-18/h1,4-9,11-14H,10H2,2H3. The Kier molecular flexibility index (Phi) is 5.81. The summed E-state index contributed by atoms with van der Waals surface area (Å²) in [6.07, 6.45) is 7.07. The van der Waals surface area contributed by atoms with Gasteiger partial charge in [-0.25, -0.2) is 0 Å². The Balaban J connectivity index is 2.04. The maximum atomic E-state index is 9.69. The van der Waals surface area contributed by atoms with E-state index in [-0.39, 0.29) is 6.61 Å². The van der Waals surface area contributed by atoms with Gasteiger partial charge in [0.25, 0.3) is 0 Å². The van der Waals surface area contributed by atoms with Gasteiger partial charge in [0.15, 0.2) is 11.5 Å². The monoisotopic (exact) mass is 417 g/mol. The number of fused-ring (bicyclic) bond motifs is 1. The number of rotatable bonds is 5. The number of nitriles is 1. The van der Waals surface area contributed by atoms with E-state index in [4.69, 9.17) is 15.9 Å². The van der Waals surface area contributed by atoms with Gasteiger partial charge in [-0.1, -0.05) is 58.2 Å². The van der Waals surface area contributed by atoms with Gasteiger partial charge in [-0.2, -0.15) is 5.26 Å². The highest BCUT2D eigenvalue weighted by Gasteiger charge is 2.11. The van der Waals surface area contributed by atoms with Gasteiger partial charge < -0.3 is 9.47 Å². The molecule has 4 heteroatoms. The van der Waals surface area contributed by atoms with E-state index in [1.54, 1.807) is 13.2 Å². The van der Waals surface area contributed by atoms with Crippen molar-refractivity contribution in [2.45, 2.75) is 0 Å². The van der Waals surface area contributed by atoms with E-state index >= 15 is 0 Å². The predicted molar refractivity (Wildman–Crippen MR) is 112 cm³/mol. The maximum Gasteiger partial charge on any atom is 0.163 e. The molecule has 3 nitrogen and oxygen atoms in total. The molecule has 132 valence electrons. The lowest BCUT2D eigenvalue weighted by molar-refractivity contribution is 0.330. The van der Waals surface area contributed by atoms with Crippen LogP contribution in [0.25, 0.3) is 22.4 Å². The average Bonchev–Trinajstić information content (AvgIpc) is 2.71. The van der Waals surface area contributed by atoms with E-state index in [0.29, 0.717) is 17.1 Å². The van der Waals surface area contributed by atoms with Crippen LogP contribution in [0.15, 0.2) is 59.1 Å². The molecule has 0 atom stereocenters. The number of nitrogens with zero attached hydrogens (tertiary/aromatic N) is 1. The molecule has 0 bridgehead atoms. The van der Waals surface area contributed by atoms with Crippen LogP contribution in [0.5, 0.6) is 11.5 Å². The van der Waals surface area contributed by atoms with Crippen molar-refractivity contribution in [2.24, 2.45) is 0 Å². The predicted octanol–water partition coefficient (Wildman–Crippen LogP) is 5.69. The summed E-state index contributed by atoms with van der Waals surface area (Å²) in [5.41, 5.74) is 2.22. The van der Waals surface area contributed by atoms with Crippen molar-refractivity contribution in [1.29, 1.82) is 5.26 Å². The molecule has 3 rings (SSSR count). The second kappa shape index (κ2) is 8.45. The molecule has 0 saturated heterocycles. The first kappa shape index (κ1) is 18.6. The zero-order valence-electron chi connectivity index (χ0n) is 14.7. The summed E-state index contributed by atoms with van der Waals surface area (Å²) in [7, 11) is 1.56. The van der Waals surface area contributed by atoms with Crippen LogP contribution >= 0.6 is 15.9 Å².